The molecule has 2 nitrogen and oxygen atoms in total. The Bertz CT molecular complexity index is 331. The quantitative estimate of drug-likeness (QED) is 0.578. The Morgan fingerprint density at radius 1 is 0.714 bits per heavy atom. The van der Waals surface area contributed by atoms with Gasteiger partial charge in [0, 0.05) is 13.1 Å². The van der Waals surface area contributed by atoms with E-state index in [0.717, 1.165) is 0 Å². The summed E-state index contributed by atoms with van der Waals surface area (Å²) in [6.45, 7) is 16.2. The lowest BCUT2D eigenvalue weighted by atomic mass is 10.4. The second-order valence-corrected chi connectivity index (χ2v) is 7.87. The molecule has 0 aromatic heterocycles. The Kier molecular flexibility index (Phi) is 9.91. The maximum absolute atomic E-state index is 2.55. The van der Waals surface area contributed by atoms with Gasteiger partial charge < -0.3 is 9.80 Å². The Labute approximate surface area is 133 Å². The standard InChI is InChI=1S/C18H33N2P/c1-5-19(6-2)14-16-21(17-15-20(7-3)8-4)18-12-10-9-11-13-18/h9-13H,5-8,14-17H2,1-4H3. The third-order valence-corrected chi connectivity index (χ3v) is 6.79. The van der Waals surface area contributed by atoms with Crippen LogP contribution in [0.3, 0.4) is 0 Å². The number of hydrogen-bond donors (Lipinski definition) is 0. The first-order chi connectivity index (χ1) is 10.2. The van der Waals surface area contributed by atoms with Crippen molar-refractivity contribution in [3.63, 3.8) is 0 Å². The normalized spacial score (nSPS) is 11.8. The van der Waals surface area contributed by atoms with Crippen LogP contribution >= 0.6 is 7.92 Å². The molecule has 0 heterocycles. The Balaban J connectivity index is 2.62. The lowest BCUT2D eigenvalue weighted by Gasteiger charge is -2.26. The van der Waals surface area contributed by atoms with Crippen molar-refractivity contribution >= 4 is 13.2 Å². The fourth-order valence-electron chi connectivity index (χ4n) is 2.61. The van der Waals surface area contributed by atoms with Crippen molar-refractivity contribution in [2.45, 2.75) is 27.7 Å². The summed E-state index contributed by atoms with van der Waals surface area (Å²) in [7, 11) is -0.0270. The monoisotopic (exact) mass is 308 g/mol. The highest BCUT2D eigenvalue weighted by Gasteiger charge is 2.13. The molecule has 0 atom stereocenters. The van der Waals surface area contributed by atoms with Crippen LogP contribution in [0.1, 0.15) is 27.7 Å². The predicted molar refractivity (Wildman–Crippen MR) is 98.3 cm³/mol. The maximum atomic E-state index is 2.55. The van der Waals surface area contributed by atoms with Crippen LogP contribution in [0, 0.1) is 0 Å². The zero-order valence-corrected chi connectivity index (χ0v) is 15.3. The number of hydrogen-bond acceptors (Lipinski definition) is 2. The number of nitrogens with zero attached hydrogens (tertiary/aromatic N) is 2. The van der Waals surface area contributed by atoms with Crippen molar-refractivity contribution in [3.05, 3.63) is 30.3 Å². The molecular weight excluding hydrogens is 275 g/mol. The lowest BCUT2D eigenvalue weighted by molar-refractivity contribution is 0.319. The molecule has 0 bridgehead atoms. The largest absolute Gasteiger partial charge is 0.304 e. The summed E-state index contributed by atoms with van der Waals surface area (Å²) >= 11 is 0. The molecule has 0 amide bonds. The summed E-state index contributed by atoms with van der Waals surface area (Å²) in [4.78, 5) is 5.10. The van der Waals surface area contributed by atoms with E-state index in [1.807, 2.05) is 0 Å². The van der Waals surface area contributed by atoms with E-state index in [4.69, 9.17) is 0 Å². The third-order valence-electron chi connectivity index (χ3n) is 4.28. The van der Waals surface area contributed by atoms with Gasteiger partial charge in [0.2, 0.25) is 0 Å². The molecule has 0 radical (unpaired) electrons. The minimum Gasteiger partial charge on any atom is -0.304 e. The average molecular weight is 308 g/mol. The molecular formula is C18H33N2P. The highest BCUT2D eigenvalue weighted by molar-refractivity contribution is 7.65. The first kappa shape index (κ1) is 18.6. The third kappa shape index (κ3) is 6.91. The average Bonchev–Trinajstić information content (AvgIpc) is 2.55. The SMILES string of the molecule is CCN(CC)CCP(CCN(CC)CC)c1ccccc1. The molecule has 0 saturated carbocycles. The molecule has 0 aliphatic heterocycles. The van der Waals surface area contributed by atoms with E-state index >= 15 is 0 Å². The molecule has 1 aromatic rings. The number of benzene rings is 1. The molecule has 0 fully saturated rings. The number of rotatable bonds is 11. The van der Waals surface area contributed by atoms with Gasteiger partial charge in [-0.3, -0.25) is 0 Å². The summed E-state index contributed by atoms with van der Waals surface area (Å²) in [5, 5.41) is 1.58. The topological polar surface area (TPSA) is 6.48 Å². The second-order valence-electron chi connectivity index (χ2n) is 5.38. The highest BCUT2D eigenvalue weighted by atomic mass is 31.1. The summed E-state index contributed by atoms with van der Waals surface area (Å²) in [5.41, 5.74) is 0. The highest BCUT2D eigenvalue weighted by Crippen LogP contribution is 2.33. The van der Waals surface area contributed by atoms with Crippen molar-refractivity contribution in [1.82, 2.24) is 9.80 Å². The van der Waals surface area contributed by atoms with Gasteiger partial charge in [-0.15, -0.1) is 0 Å². The van der Waals surface area contributed by atoms with Gasteiger partial charge in [0.25, 0.3) is 0 Å². The maximum Gasteiger partial charge on any atom is 0.00235 e. The summed E-state index contributed by atoms with van der Waals surface area (Å²) in [5.74, 6) is 0. The van der Waals surface area contributed by atoms with E-state index in [1.54, 1.807) is 5.30 Å². The van der Waals surface area contributed by atoms with Gasteiger partial charge in [0.05, 0.1) is 0 Å². The van der Waals surface area contributed by atoms with Crippen molar-refractivity contribution in [1.29, 1.82) is 0 Å². The lowest BCUT2D eigenvalue weighted by Crippen LogP contribution is -2.30. The van der Waals surface area contributed by atoms with Gasteiger partial charge in [-0.1, -0.05) is 65.9 Å². The van der Waals surface area contributed by atoms with Gasteiger partial charge in [-0.25, -0.2) is 0 Å². The molecule has 0 N–H and O–H groups in total. The molecule has 0 aliphatic carbocycles. The van der Waals surface area contributed by atoms with Crippen LogP contribution in [0.15, 0.2) is 30.3 Å². The van der Waals surface area contributed by atoms with Crippen molar-refractivity contribution in [2.24, 2.45) is 0 Å². The Hall–Kier alpha value is -0.430. The first-order valence-electron chi connectivity index (χ1n) is 8.49. The second kappa shape index (κ2) is 11.2. The Morgan fingerprint density at radius 3 is 1.52 bits per heavy atom. The fraction of sp³-hybridized carbons (Fsp3) is 0.667. The molecule has 120 valence electrons. The minimum absolute atomic E-state index is 0.0270. The summed E-state index contributed by atoms with van der Waals surface area (Å²) < 4.78 is 0. The summed E-state index contributed by atoms with van der Waals surface area (Å²) in [6.07, 6.45) is 2.67. The van der Waals surface area contributed by atoms with E-state index in [-0.39, 0.29) is 7.92 Å². The van der Waals surface area contributed by atoms with Crippen LogP contribution in [-0.2, 0) is 0 Å². The molecule has 0 saturated heterocycles. The fourth-order valence-corrected chi connectivity index (χ4v) is 5.00. The van der Waals surface area contributed by atoms with Crippen LogP contribution in [0.5, 0.6) is 0 Å². The van der Waals surface area contributed by atoms with E-state index in [2.05, 4.69) is 67.8 Å². The van der Waals surface area contributed by atoms with E-state index in [1.165, 1.54) is 51.6 Å². The van der Waals surface area contributed by atoms with Crippen LogP contribution < -0.4 is 5.30 Å². The van der Waals surface area contributed by atoms with Gasteiger partial charge in [-0.2, -0.15) is 0 Å². The Morgan fingerprint density at radius 2 is 1.14 bits per heavy atom. The van der Waals surface area contributed by atoms with E-state index in [9.17, 15) is 0 Å². The molecule has 1 aromatic carbocycles. The van der Waals surface area contributed by atoms with Gasteiger partial charge in [-0.05, 0) is 43.8 Å². The van der Waals surface area contributed by atoms with Crippen LogP contribution in [0.2, 0.25) is 0 Å². The zero-order valence-electron chi connectivity index (χ0n) is 14.4. The molecule has 0 unspecified atom stereocenters. The van der Waals surface area contributed by atoms with Gasteiger partial charge in [0.1, 0.15) is 0 Å². The molecule has 1 rings (SSSR count). The first-order valence-corrected chi connectivity index (χ1v) is 10.2. The molecule has 3 heteroatoms. The van der Waals surface area contributed by atoms with Crippen molar-refractivity contribution < 1.29 is 0 Å². The minimum atomic E-state index is -0.0270. The van der Waals surface area contributed by atoms with Crippen LogP contribution in [0.4, 0.5) is 0 Å². The molecule has 0 spiro atoms. The molecule has 0 aliphatic rings. The van der Waals surface area contributed by atoms with Gasteiger partial charge in [0.15, 0.2) is 0 Å². The van der Waals surface area contributed by atoms with Crippen LogP contribution in [0.25, 0.3) is 0 Å². The molecule has 21 heavy (non-hydrogen) atoms. The smallest absolute Gasteiger partial charge is 0.00235 e. The van der Waals surface area contributed by atoms with E-state index < -0.39 is 0 Å². The predicted octanol–water partition coefficient (Wildman–Crippen LogP) is 3.48. The van der Waals surface area contributed by atoms with Crippen LogP contribution in [-0.4, -0.2) is 61.4 Å². The zero-order chi connectivity index (χ0) is 15.5. The van der Waals surface area contributed by atoms with Crippen molar-refractivity contribution in [2.75, 3.05) is 51.6 Å². The van der Waals surface area contributed by atoms with E-state index in [0.29, 0.717) is 0 Å². The van der Waals surface area contributed by atoms with Crippen molar-refractivity contribution in [3.8, 4) is 0 Å². The summed E-state index contributed by atoms with van der Waals surface area (Å²) in [6, 6.07) is 11.2. The van der Waals surface area contributed by atoms with Gasteiger partial charge >= 0.3 is 0 Å².